The molecule has 0 spiro atoms. The molecule has 2 aromatic carbocycles. The van der Waals surface area contributed by atoms with E-state index in [0.29, 0.717) is 0 Å². The zero-order valence-electron chi connectivity index (χ0n) is 36.5. The molecular formula is C42H49N3O11. The SMILES string of the molecule is [2H]c1c([2H])c([2H])n2c(nc3c4c5c6c(C)c(O)c4c(O)c(c32)NC(=O)C(C)=CC=C[C@H](C)[C@H](O)[C@@H](C)[C@@H](O)[C@@H](C)[C@@H](OC(C)=O)[C@H](C)[C@@H](OC)C=CO[C@@](C)(O6)C5=O)c1[2H]. The number of aromatic nitrogens is 2. The molecule has 3 aliphatic heterocycles. The molecule has 298 valence electrons. The van der Waals surface area contributed by atoms with E-state index >= 15 is 0 Å². The quantitative estimate of drug-likeness (QED) is 0.121. The number of hydrogen-bond donors (Lipinski definition) is 5. The molecular weight excluding hydrogens is 722 g/mol. The molecule has 9 atom stereocenters. The summed E-state index contributed by atoms with van der Waals surface area (Å²) in [5, 5.41) is 48.8. The van der Waals surface area contributed by atoms with Crippen molar-refractivity contribution in [3.8, 4) is 17.2 Å². The van der Waals surface area contributed by atoms with Crippen LogP contribution in [-0.4, -0.2) is 84.8 Å². The van der Waals surface area contributed by atoms with Crippen molar-refractivity contribution in [3.63, 3.8) is 0 Å². The molecule has 0 saturated carbocycles. The minimum atomic E-state index is -2.10. The summed E-state index contributed by atoms with van der Waals surface area (Å²) in [5.74, 6) is -8.31. The molecule has 14 heteroatoms. The summed E-state index contributed by atoms with van der Waals surface area (Å²) in [4.78, 5) is 45.4. The second-order valence-electron chi connectivity index (χ2n) is 14.8. The lowest BCUT2D eigenvalue weighted by Crippen LogP contribution is -2.46. The highest BCUT2D eigenvalue weighted by molar-refractivity contribution is 6.28. The smallest absolute Gasteiger partial charge is 0.312 e. The van der Waals surface area contributed by atoms with E-state index in [-0.39, 0.29) is 55.6 Å². The number of benzene rings is 2. The molecule has 2 aromatic heterocycles. The number of amides is 1. The number of phenolic OH excluding ortho intramolecular Hbond substituents is 2. The van der Waals surface area contributed by atoms with Gasteiger partial charge in [0.15, 0.2) is 5.75 Å². The van der Waals surface area contributed by atoms with Crippen molar-refractivity contribution in [2.75, 3.05) is 12.4 Å². The van der Waals surface area contributed by atoms with Crippen molar-refractivity contribution in [2.45, 2.75) is 85.6 Å². The van der Waals surface area contributed by atoms with Crippen LogP contribution in [0.25, 0.3) is 27.5 Å². The monoisotopic (exact) mass is 775 g/mol. The maximum absolute atomic E-state index is 14.6. The van der Waals surface area contributed by atoms with E-state index in [1.165, 1.54) is 59.3 Å². The lowest BCUT2D eigenvalue weighted by molar-refractivity contribution is -0.160. The van der Waals surface area contributed by atoms with Crippen LogP contribution in [0.4, 0.5) is 5.69 Å². The number of ketones is 1. The average Bonchev–Trinajstić information content (AvgIpc) is 3.73. The summed E-state index contributed by atoms with van der Waals surface area (Å²) in [6.07, 6.45) is 2.61. The number of methoxy groups -OCH3 is 1. The second kappa shape index (κ2) is 15.2. The molecule has 0 saturated heterocycles. The molecule has 5 bridgehead atoms. The zero-order valence-corrected chi connectivity index (χ0v) is 32.5. The Kier molecular flexibility index (Phi) is 9.53. The Morgan fingerprint density at radius 1 is 1.02 bits per heavy atom. The first-order valence-electron chi connectivity index (χ1n) is 20.2. The second-order valence-corrected chi connectivity index (χ2v) is 14.8. The molecule has 0 fully saturated rings. The third-order valence-corrected chi connectivity index (χ3v) is 11.0. The topological polar surface area (TPSA) is 198 Å². The lowest BCUT2D eigenvalue weighted by atomic mass is 9.78. The van der Waals surface area contributed by atoms with Crippen LogP contribution in [0.1, 0.15) is 69.9 Å². The highest BCUT2D eigenvalue weighted by Crippen LogP contribution is 2.54. The van der Waals surface area contributed by atoms with Gasteiger partial charge in [0.05, 0.1) is 41.0 Å². The predicted molar refractivity (Wildman–Crippen MR) is 208 cm³/mol. The molecule has 5 N–H and O–H groups in total. The van der Waals surface area contributed by atoms with Gasteiger partial charge in [0.2, 0.25) is 0 Å². The van der Waals surface area contributed by atoms with Crippen LogP contribution in [0.2, 0.25) is 0 Å². The van der Waals surface area contributed by atoms with Gasteiger partial charge in [0.25, 0.3) is 11.7 Å². The number of imidazole rings is 1. The number of allylic oxidation sites excluding steroid dienone is 2. The number of aromatic hydroxyl groups is 2. The third kappa shape index (κ3) is 6.75. The van der Waals surface area contributed by atoms with Gasteiger partial charge in [-0.15, -0.1) is 0 Å². The fourth-order valence-electron chi connectivity index (χ4n) is 7.66. The van der Waals surface area contributed by atoms with E-state index in [0.717, 1.165) is 4.40 Å². The van der Waals surface area contributed by atoms with Crippen LogP contribution in [0, 0.1) is 30.6 Å². The molecule has 0 unspecified atom stereocenters. The first kappa shape index (κ1) is 35.0. The van der Waals surface area contributed by atoms with Gasteiger partial charge in [-0.25, -0.2) is 4.98 Å². The molecule has 7 rings (SSSR count). The van der Waals surface area contributed by atoms with Gasteiger partial charge in [-0.05, 0) is 32.0 Å². The Balaban J connectivity index is 1.63. The van der Waals surface area contributed by atoms with Gasteiger partial charge >= 0.3 is 11.8 Å². The number of anilines is 1. The fourth-order valence-corrected chi connectivity index (χ4v) is 7.66. The molecule has 1 amide bonds. The van der Waals surface area contributed by atoms with Crippen molar-refractivity contribution < 1.29 is 59.2 Å². The lowest BCUT2D eigenvalue weighted by Gasteiger charge is -2.38. The maximum atomic E-state index is 14.6. The van der Waals surface area contributed by atoms with E-state index in [4.69, 9.17) is 24.4 Å². The summed E-state index contributed by atoms with van der Waals surface area (Å²) in [6.45, 7) is 12.3. The number of Topliss-reactive ketones (excluding diaryl/α,β-unsaturated/α-hetero) is 1. The average molecular weight is 776 g/mol. The fraction of sp³-hybridized carbons (Fsp3) is 0.429. The van der Waals surface area contributed by atoms with E-state index in [1.54, 1.807) is 33.8 Å². The number of nitrogens with zero attached hydrogens (tertiary/aromatic N) is 2. The van der Waals surface area contributed by atoms with Gasteiger partial charge in [0.1, 0.15) is 40.0 Å². The molecule has 56 heavy (non-hydrogen) atoms. The van der Waals surface area contributed by atoms with Crippen LogP contribution < -0.4 is 10.1 Å². The summed E-state index contributed by atoms with van der Waals surface area (Å²) < 4.78 is 58.9. The highest BCUT2D eigenvalue weighted by Gasteiger charge is 2.49. The Morgan fingerprint density at radius 3 is 2.41 bits per heavy atom. The largest absolute Gasteiger partial charge is 0.507 e. The van der Waals surface area contributed by atoms with E-state index in [2.05, 4.69) is 10.3 Å². The molecule has 3 aliphatic rings. The van der Waals surface area contributed by atoms with Gasteiger partial charge < -0.3 is 44.7 Å². The molecule has 14 nitrogen and oxygen atoms in total. The predicted octanol–water partition coefficient (Wildman–Crippen LogP) is 5.85. The Bertz CT molecular complexity index is 2550. The zero-order chi connectivity index (χ0) is 44.4. The summed E-state index contributed by atoms with van der Waals surface area (Å²) in [6, 6.07) is -1.81. The molecule has 5 heterocycles. The van der Waals surface area contributed by atoms with Gasteiger partial charge in [-0.1, -0.05) is 52.0 Å². The van der Waals surface area contributed by atoms with Crippen LogP contribution >= 0.6 is 0 Å². The van der Waals surface area contributed by atoms with Gasteiger partial charge in [-0.2, -0.15) is 0 Å². The first-order chi connectivity index (χ1) is 28.1. The highest BCUT2D eigenvalue weighted by atomic mass is 16.7. The minimum absolute atomic E-state index is 0.0134. The van der Waals surface area contributed by atoms with Gasteiger partial charge in [0, 0.05) is 67.3 Å². The van der Waals surface area contributed by atoms with Crippen molar-refractivity contribution >= 4 is 50.8 Å². The number of fused-ring (bicyclic) bond motifs is 14. The van der Waals surface area contributed by atoms with Crippen LogP contribution in [-0.2, 0) is 23.8 Å². The number of phenols is 2. The van der Waals surface area contributed by atoms with Gasteiger partial charge in [-0.3, -0.25) is 18.8 Å². The van der Waals surface area contributed by atoms with Crippen molar-refractivity contribution in [1.82, 2.24) is 9.38 Å². The van der Waals surface area contributed by atoms with E-state index < -0.39 is 107 Å². The standard InChI is InChI=1S/C42H49N3O11/c1-19-13-12-14-20(2)41(52)44-32-33-31(43-27-15-10-11-17-45(27)33)28-29(37(32)50)36(49)24(6)39-30(28)40(51)42(8,56-39)54-18-16-26(53-9)21(3)38(55-25(7)46)23(5)35(48)22(4)34(19)47/h10-19,21-23,26,34-35,38,47-50H,1-9H3,(H,44,52)/t19-,21+,22+,23+,26-,34-,35+,38-,42-/m0/s1/i10D,11D,15D,17D. The third-order valence-electron chi connectivity index (χ3n) is 11.0. The number of ether oxygens (including phenoxy) is 4. The number of carbonyl (C=O) groups excluding carboxylic acids is 3. The Hall–Kier alpha value is -5.44. The van der Waals surface area contributed by atoms with E-state index in [1.807, 2.05) is 0 Å². The summed E-state index contributed by atoms with van der Waals surface area (Å²) in [5.41, 5.74) is -1.15. The van der Waals surface area contributed by atoms with Crippen molar-refractivity contribution in [1.29, 1.82) is 0 Å². The van der Waals surface area contributed by atoms with Crippen LogP contribution in [0.3, 0.4) is 0 Å². The first-order valence-corrected chi connectivity index (χ1v) is 18.2. The van der Waals surface area contributed by atoms with Crippen molar-refractivity contribution in [2.24, 2.45) is 23.7 Å². The van der Waals surface area contributed by atoms with E-state index in [9.17, 15) is 34.8 Å². The Morgan fingerprint density at radius 2 is 1.73 bits per heavy atom. The number of aliphatic hydroxyl groups excluding tert-OH is 2. The number of aliphatic hydroxyl groups is 2. The molecule has 4 aromatic rings. The van der Waals surface area contributed by atoms with Crippen LogP contribution in [0.5, 0.6) is 17.2 Å². The number of rotatable bonds is 2. The number of carbonyl (C=O) groups is 3. The Labute approximate surface area is 329 Å². The maximum Gasteiger partial charge on any atom is 0.312 e. The molecule has 0 aliphatic carbocycles. The summed E-state index contributed by atoms with van der Waals surface area (Å²) in [7, 11) is 1.41. The minimum Gasteiger partial charge on any atom is -0.507 e. The van der Waals surface area contributed by atoms with Crippen LogP contribution in [0.15, 0.2) is 60.4 Å². The number of hydrogen-bond acceptors (Lipinski definition) is 12. The summed E-state index contributed by atoms with van der Waals surface area (Å²) >= 11 is 0. The number of pyridine rings is 1. The molecule has 0 radical (unpaired) electrons. The van der Waals surface area contributed by atoms with Crippen molar-refractivity contribution in [3.05, 3.63) is 71.6 Å². The number of esters is 1. The normalized spacial score (nSPS) is 30.1. The number of nitrogens with one attached hydrogen (secondary N) is 1.